The predicted molar refractivity (Wildman–Crippen MR) is 46.2 cm³/mol. The highest BCUT2D eigenvalue weighted by Gasteiger charge is 2.26. The third-order valence-electron chi connectivity index (χ3n) is 1.65. The monoisotopic (exact) mass is 158 g/mol. The summed E-state index contributed by atoms with van der Waals surface area (Å²) in [6.45, 7) is 7.36. The van der Waals surface area contributed by atoms with Crippen molar-refractivity contribution in [2.24, 2.45) is 5.73 Å². The topological polar surface area (TPSA) is 46.3 Å². The summed E-state index contributed by atoms with van der Waals surface area (Å²) in [6.07, 6.45) is 0. The minimum absolute atomic E-state index is 0.0208. The van der Waals surface area contributed by atoms with Crippen molar-refractivity contribution in [1.29, 1.82) is 0 Å². The van der Waals surface area contributed by atoms with Crippen LogP contribution in [0.15, 0.2) is 0 Å². The number of likely N-dealkylation sites (N-methyl/N-ethyl adjacent to an activating group) is 1. The first kappa shape index (κ1) is 10.4. The minimum Gasteiger partial charge on any atom is -0.342 e. The molecule has 0 atom stereocenters. The van der Waals surface area contributed by atoms with E-state index in [0.717, 1.165) is 0 Å². The quantitative estimate of drug-likeness (QED) is 0.639. The Kier molecular flexibility index (Phi) is 3.05. The van der Waals surface area contributed by atoms with Crippen LogP contribution in [0.4, 0.5) is 0 Å². The molecule has 0 aromatic heterocycles. The van der Waals surface area contributed by atoms with Crippen molar-refractivity contribution < 1.29 is 4.79 Å². The Hall–Kier alpha value is -0.570. The molecule has 0 fully saturated rings. The number of carbonyl (C=O) groups excluding carboxylic acids is 1. The van der Waals surface area contributed by atoms with Crippen LogP contribution in [0.2, 0.25) is 0 Å². The largest absolute Gasteiger partial charge is 0.342 e. The van der Waals surface area contributed by atoms with Crippen molar-refractivity contribution in [1.82, 2.24) is 4.90 Å². The second-order valence-corrected chi connectivity index (χ2v) is 3.73. The van der Waals surface area contributed by atoms with Crippen molar-refractivity contribution in [2.75, 3.05) is 7.05 Å². The third kappa shape index (κ3) is 2.89. The Morgan fingerprint density at radius 3 is 1.91 bits per heavy atom. The van der Waals surface area contributed by atoms with E-state index in [1.807, 2.05) is 13.8 Å². The SMILES string of the molecule is CC(C)N(C)C(=O)C(C)(C)N. The van der Waals surface area contributed by atoms with Crippen LogP contribution in [-0.4, -0.2) is 29.4 Å². The summed E-state index contributed by atoms with van der Waals surface area (Å²) in [4.78, 5) is 13.1. The second kappa shape index (κ2) is 3.22. The van der Waals surface area contributed by atoms with Crippen molar-refractivity contribution in [3.63, 3.8) is 0 Å². The molecule has 0 rings (SSSR count). The van der Waals surface area contributed by atoms with Gasteiger partial charge in [-0.1, -0.05) is 0 Å². The second-order valence-electron chi connectivity index (χ2n) is 3.73. The van der Waals surface area contributed by atoms with Crippen LogP contribution < -0.4 is 5.73 Å². The number of amides is 1. The Morgan fingerprint density at radius 2 is 1.82 bits per heavy atom. The Balaban J connectivity index is 4.26. The van der Waals surface area contributed by atoms with Crippen molar-refractivity contribution >= 4 is 5.91 Å². The third-order valence-corrected chi connectivity index (χ3v) is 1.65. The maximum Gasteiger partial charge on any atom is 0.242 e. The van der Waals surface area contributed by atoms with Gasteiger partial charge in [0, 0.05) is 13.1 Å². The lowest BCUT2D eigenvalue weighted by molar-refractivity contribution is -0.135. The molecule has 0 aliphatic carbocycles. The van der Waals surface area contributed by atoms with Crippen molar-refractivity contribution in [2.45, 2.75) is 39.3 Å². The van der Waals surface area contributed by atoms with Gasteiger partial charge in [0.2, 0.25) is 5.91 Å². The number of carbonyl (C=O) groups is 1. The molecule has 0 saturated heterocycles. The summed E-state index contributed by atoms with van der Waals surface area (Å²) in [5.41, 5.74) is 4.88. The zero-order chi connectivity index (χ0) is 9.23. The smallest absolute Gasteiger partial charge is 0.242 e. The molecule has 0 aliphatic heterocycles. The van der Waals surface area contributed by atoms with Gasteiger partial charge in [-0.2, -0.15) is 0 Å². The first-order valence-corrected chi connectivity index (χ1v) is 3.83. The van der Waals surface area contributed by atoms with Gasteiger partial charge in [0.1, 0.15) is 0 Å². The van der Waals surface area contributed by atoms with Gasteiger partial charge in [-0.25, -0.2) is 0 Å². The Morgan fingerprint density at radius 1 is 1.45 bits per heavy atom. The zero-order valence-corrected chi connectivity index (χ0v) is 8.01. The van der Waals surface area contributed by atoms with Crippen LogP contribution in [0.25, 0.3) is 0 Å². The molecule has 0 spiro atoms. The molecule has 2 N–H and O–H groups in total. The molecule has 66 valence electrons. The normalized spacial score (nSPS) is 11.9. The lowest BCUT2D eigenvalue weighted by Gasteiger charge is -2.28. The molecule has 1 amide bonds. The molecule has 0 aromatic carbocycles. The van der Waals surface area contributed by atoms with E-state index in [9.17, 15) is 4.79 Å². The van der Waals surface area contributed by atoms with Gasteiger partial charge in [0.15, 0.2) is 0 Å². The highest BCUT2D eigenvalue weighted by molar-refractivity contribution is 5.85. The van der Waals surface area contributed by atoms with E-state index in [1.165, 1.54) is 0 Å². The summed E-state index contributed by atoms with van der Waals surface area (Å²) < 4.78 is 0. The highest BCUT2D eigenvalue weighted by Crippen LogP contribution is 2.05. The van der Waals surface area contributed by atoms with E-state index in [1.54, 1.807) is 25.8 Å². The van der Waals surface area contributed by atoms with E-state index in [0.29, 0.717) is 0 Å². The average Bonchev–Trinajstić information content (AvgIpc) is 1.82. The molecule has 0 bridgehead atoms. The summed E-state index contributed by atoms with van der Waals surface area (Å²) in [5.74, 6) is -0.0208. The lowest BCUT2D eigenvalue weighted by Crippen LogP contribution is -2.51. The molecular formula is C8H18N2O. The molecule has 11 heavy (non-hydrogen) atoms. The molecule has 3 nitrogen and oxygen atoms in total. The highest BCUT2D eigenvalue weighted by atomic mass is 16.2. The first-order chi connectivity index (χ1) is 4.76. The van der Waals surface area contributed by atoms with Crippen LogP contribution >= 0.6 is 0 Å². The fourth-order valence-corrected chi connectivity index (χ4v) is 0.689. The van der Waals surface area contributed by atoms with Crippen LogP contribution in [0, 0.1) is 0 Å². The van der Waals surface area contributed by atoms with Crippen molar-refractivity contribution in [3.8, 4) is 0 Å². The van der Waals surface area contributed by atoms with E-state index < -0.39 is 5.54 Å². The number of nitrogens with two attached hydrogens (primary N) is 1. The Bertz CT molecular complexity index is 147. The summed E-state index contributed by atoms with van der Waals surface area (Å²) in [5, 5.41) is 0. The Labute approximate surface area is 68.6 Å². The van der Waals surface area contributed by atoms with E-state index in [4.69, 9.17) is 5.73 Å². The van der Waals surface area contributed by atoms with Crippen molar-refractivity contribution in [3.05, 3.63) is 0 Å². The van der Waals surface area contributed by atoms with Gasteiger partial charge in [-0.05, 0) is 27.7 Å². The average molecular weight is 158 g/mol. The van der Waals surface area contributed by atoms with Crippen LogP contribution in [0.5, 0.6) is 0 Å². The van der Waals surface area contributed by atoms with Gasteiger partial charge < -0.3 is 10.6 Å². The van der Waals surface area contributed by atoms with Gasteiger partial charge >= 0.3 is 0 Å². The van der Waals surface area contributed by atoms with Crippen LogP contribution in [0.3, 0.4) is 0 Å². The molecule has 0 heterocycles. The molecule has 0 aliphatic rings. The number of rotatable bonds is 2. The van der Waals surface area contributed by atoms with Gasteiger partial charge in [0.25, 0.3) is 0 Å². The fraction of sp³-hybridized carbons (Fsp3) is 0.875. The minimum atomic E-state index is -0.751. The molecule has 0 saturated carbocycles. The molecule has 3 heteroatoms. The van der Waals surface area contributed by atoms with E-state index in [2.05, 4.69) is 0 Å². The van der Waals surface area contributed by atoms with E-state index >= 15 is 0 Å². The van der Waals surface area contributed by atoms with E-state index in [-0.39, 0.29) is 11.9 Å². The first-order valence-electron chi connectivity index (χ1n) is 3.83. The van der Waals surface area contributed by atoms with Crippen LogP contribution in [0.1, 0.15) is 27.7 Å². The predicted octanol–water partition coefficient (Wildman–Crippen LogP) is 0.591. The number of nitrogens with zero attached hydrogens (tertiary/aromatic N) is 1. The zero-order valence-electron chi connectivity index (χ0n) is 8.01. The summed E-state index contributed by atoms with van der Waals surface area (Å²) in [6, 6.07) is 0.213. The lowest BCUT2D eigenvalue weighted by atomic mass is 10.1. The van der Waals surface area contributed by atoms with Gasteiger partial charge in [-0.3, -0.25) is 4.79 Å². The van der Waals surface area contributed by atoms with Crippen LogP contribution in [-0.2, 0) is 4.79 Å². The number of hydrogen-bond acceptors (Lipinski definition) is 2. The molecule has 0 radical (unpaired) electrons. The number of hydrogen-bond donors (Lipinski definition) is 1. The standard InChI is InChI=1S/C8H18N2O/c1-6(2)10(5)7(11)8(3,4)9/h6H,9H2,1-5H3. The maximum absolute atomic E-state index is 11.4. The van der Waals surface area contributed by atoms with Gasteiger partial charge in [-0.15, -0.1) is 0 Å². The molecular weight excluding hydrogens is 140 g/mol. The van der Waals surface area contributed by atoms with Gasteiger partial charge in [0.05, 0.1) is 5.54 Å². The fourth-order valence-electron chi connectivity index (χ4n) is 0.689. The summed E-state index contributed by atoms with van der Waals surface area (Å²) in [7, 11) is 1.77. The molecule has 0 aromatic rings. The summed E-state index contributed by atoms with van der Waals surface area (Å²) >= 11 is 0. The molecule has 0 unspecified atom stereocenters. The maximum atomic E-state index is 11.4.